The van der Waals surface area contributed by atoms with Crippen molar-refractivity contribution < 1.29 is 4.79 Å². The summed E-state index contributed by atoms with van der Waals surface area (Å²) < 4.78 is 0. The average Bonchev–Trinajstić information content (AvgIpc) is 2.98. The van der Waals surface area contributed by atoms with E-state index in [4.69, 9.17) is 17.3 Å². The summed E-state index contributed by atoms with van der Waals surface area (Å²) in [6, 6.07) is 10.7. The lowest BCUT2D eigenvalue weighted by atomic mass is 10.1. The Bertz CT molecular complexity index is 781. The van der Waals surface area contributed by atoms with E-state index in [9.17, 15) is 4.79 Å². The van der Waals surface area contributed by atoms with Gasteiger partial charge in [-0.2, -0.15) is 15.4 Å². The van der Waals surface area contributed by atoms with Gasteiger partial charge in [0.05, 0.1) is 5.69 Å². The van der Waals surface area contributed by atoms with Crippen LogP contribution in [0.1, 0.15) is 10.5 Å². The molecule has 0 spiro atoms. The Labute approximate surface area is 124 Å². The number of halogens is 1. The van der Waals surface area contributed by atoms with Crippen molar-refractivity contribution in [2.24, 2.45) is 5.73 Å². The molecule has 1 amide bonds. The number of benzene rings is 1. The highest BCUT2D eigenvalue weighted by Crippen LogP contribution is 2.23. The first-order valence-electron chi connectivity index (χ1n) is 5.96. The zero-order valence-corrected chi connectivity index (χ0v) is 11.4. The van der Waals surface area contributed by atoms with Gasteiger partial charge in [0.1, 0.15) is 5.69 Å². The number of carbonyl (C=O) groups excluding carboxylic acids is 1. The average molecular weight is 301 g/mol. The van der Waals surface area contributed by atoms with E-state index < -0.39 is 5.91 Å². The van der Waals surface area contributed by atoms with Crippen molar-refractivity contribution in [2.45, 2.75) is 0 Å². The summed E-state index contributed by atoms with van der Waals surface area (Å²) in [6.07, 6.45) is 0. The predicted molar refractivity (Wildman–Crippen MR) is 76.4 cm³/mol. The van der Waals surface area contributed by atoms with Gasteiger partial charge in [-0.05, 0) is 12.1 Å². The minimum atomic E-state index is -0.633. The normalized spacial score (nSPS) is 10.5. The van der Waals surface area contributed by atoms with Crippen LogP contribution in [0.5, 0.6) is 0 Å². The van der Waals surface area contributed by atoms with Crippen LogP contribution in [0.15, 0.2) is 36.4 Å². The number of aromatic amines is 1. The molecule has 104 valence electrons. The molecule has 3 N–H and O–H groups in total. The zero-order chi connectivity index (χ0) is 14.8. The molecule has 0 atom stereocenters. The highest BCUT2D eigenvalue weighted by molar-refractivity contribution is 6.29. The van der Waals surface area contributed by atoms with Gasteiger partial charge in [-0.3, -0.25) is 4.79 Å². The molecule has 0 radical (unpaired) electrons. The van der Waals surface area contributed by atoms with Crippen LogP contribution in [0, 0.1) is 0 Å². The van der Waals surface area contributed by atoms with Crippen LogP contribution in [-0.2, 0) is 0 Å². The third-order valence-corrected chi connectivity index (χ3v) is 3.07. The highest BCUT2D eigenvalue weighted by Gasteiger charge is 2.15. The molecule has 3 aromatic rings. The van der Waals surface area contributed by atoms with Gasteiger partial charge >= 0.3 is 0 Å². The first-order valence-corrected chi connectivity index (χ1v) is 6.33. The Hall–Kier alpha value is -2.80. The Morgan fingerprint density at radius 1 is 1.00 bits per heavy atom. The van der Waals surface area contributed by atoms with Crippen LogP contribution in [0.4, 0.5) is 0 Å². The highest BCUT2D eigenvalue weighted by atomic mass is 35.5. The molecule has 0 aliphatic carbocycles. The van der Waals surface area contributed by atoms with Crippen LogP contribution >= 0.6 is 11.6 Å². The topological polar surface area (TPSA) is 110 Å². The molecule has 7 nitrogen and oxygen atoms in total. The fraction of sp³-hybridized carbons (Fsp3) is 0. The third kappa shape index (κ3) is 2.59. The number of hydrogen-bond acceptors (Lipinski definition) is 5. The second kappa shape index (κ2) is 5.29. The Morgan fingerprint density at radius 2 is 1.71 bits per heavy atom. The van der Waals surface area contributed by atoms with Crippen molar-refractivity contribution in [1.82, 2.24) is 25.6 Å². The lowest BCUT2D eigenvalue weighted by Crippen LogP contribution is -2.12. The fourth-order valence-electron chi connectivity index (χ4n) is 1.87. The molecule has 2 heterocycles. The molecule has 0 aliphatic heterocycles. The maximum atomic E-state index is 11.2. The van der Waals surface area contributed by atoms with Crippen molar-refractivity contribution in [3.8, 4) is 22.5 Å². The molecule has 1 aromatic carbocycles. The van der Waals surface area contributed by atoms with Gasteiger partial charge < -0.3 is 5.73 Å². The van der Waals surface area contributed by atoms with Crippen molar-refractivity contribution >= 4 is 17.5 Å². The third-order valence-electron chi connectivity index (χ3n) is 2.87. The summed E-state index contributed by atoms with van der Waals surface area (Å²) >= 11 is 5.70. The van der Waals surface area contributed by atoms with Gasteiger partial charge in [0.25, 0.3) is 5.91 Å². The summed E-state index contributed by atoms with van der Waals surface area (Å²) in [5.74, 6) is -0.633. The number of carbonyl (C=O) groups is 1. The molecule has 8 heteroatoms. The second-order valence-electron chi connectivity index (χ2n) is 4.20. The van der Waals surface area contributed by atoms with E-state index in [0.29, 0.717) is 16.5 Å². The molecule has 0 aliphatic rings. The van der Waals surface area contributed by atoms with Crippen LogP contribution in [-0.4, -0.2) is 31.5 Å². The van der Waals surface area contributed by atoms with Gasteiger partial charge in [-0.15, -0.1) is 10.2 Å². The van der Waals surface area contributed by atoms with E-state index in [1.54, 1.807) is 24.3 Å². The maximum Gasteiger partial charge on any atom is 0.271 e. The van der Waals surface area contributed by atoms with Gasteiger partial charge in [0, 0.05) is 11.1 Å². The largest absolute Gasteiger partial charge is 0.364 e. The lowest BCUT2D eigenvalue weighted by Gasteiger charge is -2.02. The molecule has 3 rings (SSSR count). The van der Waals surface area contributed by atoms with Gasteiger partial charge in [-0.1, -0.05) is 35.9 Å². The molecule has 0 unspecified atom stereocenters. The van der Waals surface area contributed by atoms with Crippen LogP contribution in [0.25, 0.3) is 22.5 Å². The van der Waals surface area contributed by atoms with Crippen molar-refractivity contribution in [3.63, 3.8) is 0 Å². The van der Waals surface area contributed by atoms with Gasteiger partial charge in [0.15, 0.2) is 10.8 Å². The SMILES string of the molecule is NC(=O)c1n[nH]nc1-c1ccc(-c2ccc(Cl)nn2)cc1. The van der Waals surface area contributed by atoms with Crippen LogP contribution in [0.3, 0.4) is 0 Å². The quantitative estimate of drug-likeness (QED) is 0.764. The van der Waals surface area contributed by atoms with E-state index in [1.165, 1.54) is 0 Å². The summed E-state index contributed by atoms with van der Waals surface area (Å²) in [4.78, 5) is 11.2. The Morgan fingerprint density at radius 3 is 2.33 bits per heavy atom. The molecule has 0 bridgehead atoms. The molecular formula is C13H9ClN6O. The van der Waals surface area contributed by atoms with Crippen LogP contribution in [0.2, 0.25) is 5.15 Å². The number of aromatic nitrogens is 5. The number of rotatable bonds is 3. The van der Waals surface area contributed by atoms with E-state index in [2.05, 4.69) is 25.6 Å². The zero-order valence-electron chi connectivity index (χ0n) is 10.6. The maximum absolute atomic E-state index is 11.2. The molecule has 0 fully saturated rings. The van der Waals surface area contributed by atoms with Crippen LogP contribution < -0.4 is 5.73 Å². The summed E-state index contributed by atoms with van der Waals surface area (Å²) in [5, 5.41) is 18.2. The minimum absolute atomic E-state index is 0.106. The Kier molecular flexibility index (Phi) is 3.33. The summed E-state index contributed by atoms with van der Waals surface area (Å²) in [5.41, 5.74) is 8.05. The van der Waals surface area contributed by atoms with Gasteiger partial charge in [-0.25, -0.2) is 0 Å². The van der Waals surface area contributed by atoms with E-state index in [-0.39, 0.29) is 5.69 Å². The second-order valence-corrected chi connectivity index (χ2v) is 4.59. The van der Waals surface area contributed by atoms with Crippen molar-refractivity contribution in [3.05, 3.63) is 47.2 Å². The fourth-order valence-corrected chi connectivity index (χ4v) is 1.97. The first kappa shape index (κ1) is 13.2. The minimum Gasteiger partial charge on any atom is -0.364 e. The Balaban J connectivity index is 1.95. The van der Waals surface area contributed by atoms with E-state index in [1.807, 2.05) is 12.1 Å². The number of nitrogens with two attached hydrogens (primary N) is 1. The smallest absolute Gasteiger partial charge is 0.271 e. The monoisotopic (exact) mass is 300 g/mol. The predicted octanol–water partition coefficient (Wildman–Crippen LogP) is 1.68. The number of primary amides is 1. The summed E-state index contributed by atoms with van der Waals surface area (Å²) in [7, 11) is 0. The summed E-state index contributed by atoms with van der Waals surface area (Å²) in [6.45, 7) is 0. The molecular weight excluding hydrogens is 292 g/mol. The molecule has 0 saturated heterocycles. The van der Waals surface area contributed by atoms with E-state index in [0.717, 1.165) is 11.1 Å². The standard InChI is InChI=1S/C13H9ClN6O/c14-10-6-5-9(16-17-10)7-1-3-8(4-2-7)11-12(13(15)21)19-20-18-11/h1-6H,(H2,15,21)(H,18,19,20). The lowest BCUT2D eigenvalue weighted by molar-refractivity contribution is 0.0996. The number of nitrogens with zero attached hydrogens (tertiary/aromatic N) is 4. The van der Waals surface area contributed by atoms with Crippen molar-refractivity contribution in [2.75, 3.05) is 0 Å². The van der Waals surface area contributed by atoms with E-state index >= 15 is 0 Å². The number of H-pyrrole nitrogens is 1. The van der Waals surface area contributed by atoms with Crippen molar-refractivity contribution in [1.29, 1.82) is 0 Å². The number of hydrogen-bond donors (Lipinski definition) is 2. The first-order chi connectivity index (χ1) is 10.1. The molecule has 21 heavy (non-hydrogen) atoms. The van der Waals surface area contributed by atoms with Gasteiger partial charge in [0.2, 0.25) is 0 Å². The number of nitrogens with one attached hydrogen (secondary N) is 1. The molecule has 0 saturated carbocycles. The molecule has 2 aromatic heterocycles. The number of amides is 1.